The zero-order chi connectivity index (χ0) is 12.8. The molecule has 4 heteroatoms. The number of ether oxygens (including phenoxy) is 1. The fourth-order valence-electron chi connectivity index (χ4n) is 1.92. The molecule has 0 aliphatic rings. The first kappa shape index (κ1) is 13.9. The molecule has 2 atom stereocenters. The van der Waals surface area contributed by atoms with Gasteiger partial charge < -0.3 is 15.4 Å². The van der Waals surface area contributed by atoms with Crippen molar-refractivity contribution in [2.45, 2.75) is 32.9 Å². The van der Waals surface area contributed by atoms with E-state index in [9.17, 15) is 0 Å². The zero-order valence-electron chi connectivity index (χ0n) is 11.2. The van der Waals surface area contributed by atoms with Gasteiger partial charge in [-0.25, -0.2) is 0 Å². The average Bonchev–Trinajstić information content (AvgIpc) is 2.31. The van der Waals surface area contributed by atoms with Crippen molar-refractivity contribution in [3.05, 3.63) is 24.0 Å². The van der Waals surface area contributed by atoms with E-state index < -0.39 is 0 Å². The number of rotatable bonds is 6. The van der Waals surface area contributed by atoms with Gasteiger partial charge in [-0.2, -0.15) is 0 Å². The molecule has 1 unspecified atom stereocenters. The second-order valence-corrected chi connectivity index (χ2v) is 4.32. The number of hydrogen-bond donors (Lipinski definition) is 1. The summed E-state index contributed by atoms with van der Waals surface area (Å²) in [6.07, 6.45) is 1.88. The van der Waals surface area contributed by atoms with E-state index in [0.717, 1.165) is 17.9 Å². The molecule has 0 saturated heterocycles. The number of pyridine rings is 1. The summed E-state index contributed by atoms with van der Waals surface area (Å²) < 4.78 is 5.19. The van der Waals surface area contributed by atoms with E-state index >= 15 is 0 Å². The Morgan fingerprint density at radius 2 is 2.12 bits per heavy atom. The number of anilines is 1. The lowest BCUT2D eigenvalue weighted by Crippen LogP contribution is -2.36. The predicted octanol–water partition coefficient (Wildman–Crippen LogP) is 1.96. The molecule has 1 aromatic heterocycles. The number of nitrogens with zero attached hydrogens (tertiary/aromatic N) is 2. The third kappa shape index (κ3) is 3.68. The summed E-state index contributed by atoms with van der Waals surface area (Å²) >= 11 is 0. The maximum Gasteiger partial charge on any atom is 0.0663 e. The fraction of sp³-hybridized carbons (Fsp3) is 0.615. The van der Waals surface area contributed by atoms with Gasteiger partial charge in [-0.15, -0.1) is 0 Å². The molecule has 17 heavy (non-hydrogen) atoms. The first-order chi connectivity index (χ1) is 8.10. The summed E-state index contributed by atoms with van der Waals surface area (Å²) in [4.78, 5) is 6.65. The quantitative estimate of drug-likeness (QED) is 0.821. The molecule has 1 aromatic rings. The van der Waals surface area contributed by atoms with E-state index in [1.807, 2.05) is 19.2 Å². The minimum Gasteiger partial charge on any atom is -0.383 e. The Labute approximate surface area is 104 Å². The molecular weight excluding hydrogens is 214 g/mol. The Bertz CT molecular complexity index is 324. The first-order valence-electron chi connectivity index (χ1n) is 6.07. The van der Waals surface area contributed by atoms with Crippen LogP contribution in [-0.4, -0.2) is 31.3 Å². The minimum absolute atomic E-state index is 0.0180. The molecule has 2 N–H and O–H groups in total. The van der Waals surface area contributed by atoms with Crippen LogP contribution in [0.4, 0.5) is 5.69 Å². The van der Waals surface area contributed by atoms with Crippen molar-refractivity contribution in [1.82, 2.24) is 4.98 Å². The molecule has 0 saturated carbocycles. The molecule has 1 heterocycles. The number of likely N-dealkylation sites (N-methyl/N-ethyl adjacent to an activating group) is 1. The molecule has 0 amide bonds. The summed E-state index contributed by atoms with van der Waals surface area (Å²) in [6.45, 7) is 7.86. The van der Waals surface area contributed by atoms with Gasteiger partial charge in [0.1, 0.15) is 0 Å². The van der Waals surface area contributed by atoms with Gasteiger partial charge in [-0.3, -0.25) is 4.98 Å². The van der Waals surface area contributed by atoms with Gasteiger partial charge >= 0.3 is 0 Å². The third-order valence-corrected chi connectivity index (χ3v) is 2.85. The molecule has 0 aromatic carbocycles. The molecule has 0 fully saturated rings. The summed E-state index contributed by atoms with van der Waals surface area (Å²) in [5, 5.41) is 0. The lowest BCUT2D eigenvalue weighted by Gasteiger charge is -2.29. The average molecular weight is 237 g/mol. The lowest BCUT2D eigenvalue weighted by atomic mass is 10.2. The Kier molecular flexibility index (Phi) is 5.38. The second kappa shape index (κ2) is 6.57. The highest BCUT2D eigenvalue weighted by Crippen LogP contribution is 2.17. The number of nitrogens with two attached hydrogens (primary N) is 1. The summed E-state index contributed by atoms with van der Waals surface area (Å²) in [5.41, 5.74) is 7.82. The number of methoxy groups -OCH3 is 1. The summed E-state index contributed by atoms with van der Waals surface area (Å²) in [5.74, 6) is 0. The van der Waals surface area contributed by atoms with Crippen molar-refractivity contribution in [1.29, 1.82) is 0 Å². The van der Waals surface area contributed by atoms with E-state index in [4.69, 9.17) is 10.5 Å². The molecular formula is C13H23N3O. The van der Waals surface area contributed by atoms with Crippen LogP contribution in [0.25, 0.3) is 0 Å². The molecule has 0 aliphatic carbocycles. The minimum atomic E-state index is -0.0180. The molecule has 0 bridgehead atoms. The van der Waals surface area contributed by atoms with Gasteiger partial charge in [0.25, 0.3) is 0 Å². The topological polar surface area (TPSA) is 51.4 Å². The standard InChI is InChI=1S/C13H23N3O/c1-5-16(10(2)9-17-4)12-6-7-13(11(3)14)15-8-12/h6-8,10-11H,5,9,14H2,1-4H3/t10?,11-/m0/s1. The van der Waals surface area contributed by atoms with E-state index in [-0.39, 0.29) is 6.04 Å². The highest BCUT2D eigenvalue weighted by atomic mass is 16.5. The molecule has 0 spiro atoms. The van der Waals surface area contributed by atoms with E-state index in [2.05, 4.69) is 29.8 Å². The molecule has 0 aliphatic heterocycles. The van der Waals surface area contributed by atoms with E-state index in [1.54, 1.807) is 7.11 Å². The Morgan fingerprint density at radius 3 is 2.53 bits per heavy atom. The zero-order valence-corrected chi connectivity index (χ0v) is 11.2. The summed E-state index contributed by atoms with van der Waals surface area (Å²) in [7, 11) is 1.72. The fourth-order valence-corrected chi connectivity index (χ4v) is 1.92. The van der Waals surface area contributed by atoms with Crippen molar-refractivity contribution in [2.24, 2.45) is 5.73 Å². The van der Waals surface area contributed by atoms with Crippen LogP contribution in [0.15, 0.2) is 18.3 Å². The first-order valence-corrected chi connectivity index (χ1v) is 6.07. The van der Waals surface area contributed by atoms with Crippen LogP contribution in [-0.2, 0) is 4.74 Å². The van der Waals surface area contributed by atoms with Gasteiger partial charge in [0, 0.05) is 25.7 Å². The van der Waals surface area contributed by atoms with E-state index in [1.165, 1.54) is 0 Å². The Balaban J connectivity index is 2.82. The van der Waals surface area contributed by atoms with Crippen molar-refractivity contribution in [2.75, 3.05) is 25.2 Å². The number of aromatic nitrogens is 1. The third-order valence-electron chi connectivity index (χ3n) is 2.85. The van der Waals surface area contributed by atoms with Crippen molar-refractivity contribution in [3.8, 4) is 0 Å². The SMILES string of the molecule is CCN(c1ccc([C@H](C)N)nc1)C(C)COC. The van der Waals surface area contributed by atoms with Crippen molar-refractivity contribution >= 4 is 5.69 Å². The maximum absolute atomic E-state index is 5.78. The van der Waals surface area contributed by atoms with Crippen molar-refractivity contribution in [3.63, 3.8) is 0 Å². The van der Waals surface area contributed by atoms with Crippen LogP contribution in [0.3, 0.4) is 0 Å². The lowest BCUT2D eigenvalue weighted by molar-refractivity contribution is 0.182. The smallest absolute Gasteiger partial charge is 0.0663 e. The normalized spacial score (nSPS) is 14.4. The van der Waals surface area contributed by atoms with Gasteiger partial charge in [-0.05, 0) is 32.9 Å². The van der Waals surface area contributed by atoms with Gasteiger partial charge in [0.05, 0.1) is 24.2 Å². The van der Waals surface area contributed by atoms with Gasteiger partial charge in [0.2, 0.25) is 0 Å². The van der Waals surface area contributed by atoms with Crippen LogP contribution in [0.2, 0.25) is 0 Å². The van der Waals surface area contributed by atoms with Crippen LogP contribution in [0, 0.1) is 0 Å². The highest BCUT2D eigenvalue weighted by Gasteiger charge is 2.13. The largest absolute Gasteiger partial charge is 0.383 e. The van der Waals surface area contributed by atoms with Gasteiger partial charge in [-0.1, -0.05) is 0 Å². The van der Waals surface area contributed by atoms with Crippen molar-refractivity contribution < 1.29 is 4.74 Å². The Hall–Kier alpha value is -1.13. The van der Waals surface area contributed by atoms with E-state index in [0.29, 0.717) is 12.6 Å². The predicted molar refractivity (Wildman–Crippen MR) is 71.2 cm³/mol. The molecule has 4 nitrogen and oxygen atoms in total. The van der Waals surface area contributed by atoms with Crippen LogP contribution in [0.1, 0.15) is 32.5 Å². The highest BCUT2D eigenvalue weighted by molar-refractivity contribution is 5.45. The summed E-state index contributed by atoms with van der Waals surface area (Å²) in [6, 6.07) is 4.38. The maximum atomic E-state index is 5.78. The van der Waals surface area contributed by atoms with Crippen LogP contribution in [0.5, 0.6) is 0 Å². The second-order valence-electron chi connectivity index (χ2n) is 4.32. The van der Waals surface area contributed by atoms with Crippen LogP contribution < -0.4 is 10.6 Å². The van der Waals surface area contributed by atoms with Crippen LogP contribution >= 0.6 is 0 Å². The molecule has 96 valence electrons. The molecule has 1 rings (SSSR count). The number of hydrogen-bond acceptors (Lipinski definition) is 4. The molecule has 0 radical (unpaired) electrons. The monoisotopic (exact) mass is 237 g/mol. The Morgan fingerprint density at radius 1 is 1.41 bits per heavy atom. The van der Waals surface area contributed by atoms with Gasteiger partial charge in [0.15, 0.2) is 0 Å².